The summed E-state index contributed by atoms with van der Waals surface area (Å²) in [4.78, 5) is 18.0. The van der Waals surface area contributed by atoms with Gasteiger partial charge in [0.25, 0.3) is 5.91 Å². The Balaban J connectivity index is 1.45. The summed E-state index contributed by atoms with van der Waals surface area (Å²) in [6.07, 6.45) is 8.16. The lowest BCUT2D eigenvalue weighted by atomic mass is 9.85. The molecule has 0 bridgehead atoms. The highest BCUT2D eigenvalue weighted by atomic mass is 16.5. The largest absolute Gasteiger partial charge is 0.493 e. The molecule has 1 atom stereocenters. The van der Waals surface area contributed by atoms with Gasteiger partial charge in [0, 0.05) is 44.4 Å². The number of carbonyl (C=O) groups is 1. The Kier molecular flexibility index (Phi) is 7.95. The van der Waals surface area contributed by atoms with E-state index in [1.54, 1.807) is 7.11 Å². The van der Waals surface area contributed by atoms with Crippen LogP contribution in [0.15, 0.2) is 18.2 Å². The summed E-state index contributed by atoms with van der Waals surface area (Å²) in [6, 6.07) is 6.20. The molecule has 0 radical (unpaired) electrons. The van der Waals surface area contributed by atoms with Gasteiger partial charge in [0.1, 0.15) is 6.10 Å². The van der Waals surface area contributed by atoms with Crippen molar-refractivity contribution < 1.29 is 19.0 Å². The zero-order valence-corrected chi connectivity index (χ0v) is 20.1. The van der Waals surface area contributed by atoms with Crippen LogP contribution in [-0.2, 0) is 4.74 Å². The maximum atomic E-state index is 13.5. The summed E-state index contributed by atoms with van der Waals surface area (Å²) >= 11 is 0. The second-order valence-electron chi connectivity index (χ2n) is 9.95. The molecule has 0 N–H and O–H groups in total. The Morgan fingerprint density at radius 1 is 1.09 bits per heavy atom. The van der Waals surface area contributed by atoms with Gasteiger partial charge in [-0.15, -0.1) is 0 Å². The van der Waals surface area contributed by atoms with Crippen molar-refractivity contribution >= 4 is 5.91 Å². The molecule has 3 aliphatic rings. The standard InChI is InChI=1S/C26H40N2O4/c1-19(2)27-13-11-22(12-14-27)32-25-16-21(9-10-24(25)30-3)26(29)28(17-20-6-4-7-20)18-23-8-5-15-31-23/h9-10,16,19-20,22-23H,4-8,11-15,17-18H2,1-3H3/t23-/m0/s1. The number of carbonyl (C=O) groups excluding carboxylic acids is 1. The Bertz CT molecular complexity index is 750. The van der Waals surface area contributed by atoms with E-state index < -0.39 is 0 Å². The number of benzene rings is 1. The Hall–Kier alpha value is -1.79. The van der Waals surface area contributed by atoms with Gasteiger partial charge >= 0.3 is 0 Å². The van der Waals surface area contributed by atoms with Crippen LogP contribution in [0.5, 0.6) is 11.5 Å². The molecule has 1 amide bonds. The first-order chi connectivity index (χ1) is 15.5. The SMILES string of the molecule is COc1ccc(C(=O)N(CC2CCC2)C[C@@H]2CCCO2)cc1OC1CCN(C(C)C)CC1. The molecule has 2 heterocycles. The molecule has 1 aliphatic carbocycles. The van der Waals surface area contributed by atoms with E-state index in [-0.39, 0.29) is 18.1 Å². The third-order valence-corrected chi connectivity index (χ3v) is 7.35. The van der Waals surface area contributed by atoms with Gasteiger partial charge in [-0.2, -0.15) is 0 Å². The van der Waals surface area contributed by atoms with Crippen LogP contribution in [0.25, 0.3) is 0 Å². The fourth-order valence-corrected chi connectivity index (χ4v) is 5.04. The maximum absolute atomic E-state index is 13.5. The molecule has 1 aromatic carbocycles. The monoisotopic (exact) mass is 444 g/mol. The molecule has 2 aliphatic heterocycles. The summed E-state index contributed by atoms with van der Waals surface area (Å²) in [6.45, 7) is 8.89. The summed E-state index contributed by atoms with van der Waals surface area (Å²) in [5, 5.41) is 0. The maximum Gasteiger partial charge on any atom is 0.254 e. The second kappa shape index (κ2) is 10.9. The molecular formula is C26H40N2O4. The minimum absolute atomic E-state index is 0.0783. The predicted octanol–water partition coefficient (Wildman–Crippen LogP) is 4.37. The van der Waals surface area contributed by atoms with E-state index in [0.29, 0.717) is 35.6 Å². The fourth-order valence-electron chi connectivity index (χ4n) is 5.04. The third kappa shape index (κ3) is 5.76. The number of amides is 1. The van der Waals surface area contributed by atoms with Crippen LogP contribution in [-0.4, -0.2) is 73.9 Å². The number of ether oxygens (including phenoxy) is 3. The number of hydrogen-bond acceptors (Lipinski definition) is 5. The molecule has 6 nitrogen and oxygen atoms in total. The van der Waals surface area contributed by atoms with E-state index in [9.17, 15) is 4.79 Å². The number of nitrogens with zero attached hydrogens (tertiary/aromatic N) is 2. The van der Waals surface area contributed by atoms with Gasteiger partial charge < -0.3 is 24.0 Å². The van der Waals surface area contributed by atoms with Crippen LogP contribution in [0.1, 0.15) is 69.2 Å². The van der Waals surface area contributed by atoms with Crippen molar-refractivity contribution in [3.8, 4) is 11.5 Å². The van der Waals surface area contributed by atoms with E-state index in [1.807, 2.05) is 23.1 Å². The first-order valence-electron chi connectivity index (χ1n) is 12.5. The van der Waals surface area contributed by atoms with Crippen molar-refractivity contribution in [3.05, 3.63) is 23.8 Å². The highest BCUT2D eigenvalue weighted by Crippen LogP contribution is 2.33. The second-order valence-corrected chi connectivity index (χ2v) is 9.95. The Labute approximate surface area is 193 Å². The minimum atomic E-state index is 0.0783. The molecule has 1 saturated carbocycles. The fraction of sp³-hybridized carbons (Fsp3) is 0.731. The van der Waals surface area contributed by atoms with Crippen molar-refractivity contribution in [1.29, 1.82) is 0 Å². The lowest BCUT2D eigenvalue weighted by Gasteiger charge is -2.35. The topological polar surface area (TPSA) is 51.2 Å². The van der Waals surface area contributed by atoms with Gasteiger partial charge in [0.2, 0.25) is 0 Å². The van der Waals surface area contributed by atoms with Gasteiger partial charge in [-0.1, -0.05) is 6.42 Å². The average molecular weight is 445 g/mol. The van der Waals surface area contributed by atoms with Crippen molar-refractivity contribution in [2.24, 2.45) is 5.92 Å². The van der Waals surface area contributed by atoms with Crippen molar-refractivity contribution in [1.82, 2.24) is 9.80 Å². The molecule has 32 heavy (non-hydrogen) atoms. The molecule has 0 aromatic heterocycles. The number of rotatable bonds is 9. The normalized spacial score (nSPS) is 22.7. The molecule has 1 aromatic rings. The molecule has 6 heteroatoms. The van der Waals surface area contributed by atoms with Gasteiger partial charge in [0.05, 0.1) is 13.2 Å². The molecular weight excluding hydrogens is 404 g/mol. The van der Waals surface area contributed by atoms with Crippen molar-refractivity contribution in [2.45, 2.75) is 77.0 Å². The van der Waals surface area contributed by atoms with Gasteiger partial charge in [-0.25, -0.2) is 0 Å². The number of piperidine rings is 1. The molecule has 0 spiro atoms. The summed E-state index contributed by atoms with van der Waals surface area (Å²) < 4.78 is 17.8. The van der Waals surface area contributed by atoms with Crippen LogP contribution in [0.3, 0.4) is 0 Å². The highest BCUT2D eigenvalue weighted by molar-refractivity contribution is 5.95. The van der Waals surface area contributed by atoms with Crippen molar-refractivity contribution in [3.63, 3.8) is 0 Å². The molecule has 4 rings (SSSR count). The minimum Gasteiger partial charge on any atom is -0.493 e. The van der Waals surface area contributed by atoms with Crippen LogP contribution >= 0.6 is 0 Å². The Morgan fingerprint density at radius 3 is 2.47 bits per heavy atom. The van der Waals surface area contributed by atoms with E-state index in [1.165, 1.54) is 19.3 Å². The number of methoxy groups -OCH3 is 1. The molecule has 0 unspecified atom stereocenters. The van der Waals surface area contributed by atoms with Crippen LogP contribution < -0.4 is 9.47 Å². The Morgan fingerprint density at radius 2 is 1.88 bits per heavy atom. The lowest BCUT2D eigenvalue weighted by molar-refractivity contribution is 0.0446. The zero-order valence-electron chi connectivity index (χ0n) is 20.1. The number of likely N-dealkylation sites (tertiary alicyclic amines) is 1. The lowest BCUT2D eigenvalue weighted by Crippen LogP contribution is -2.42. The van der Waals surface area contributed by atoms with Gasteiger partial charge in [-0.05, 0) is 76.5 Å². The van der Waals surface area contributed by atoms with Crippen LogP contribution in [0.4, 0.5) is 0 Å². The average Bonchev–Trinajstić information content (AvgIpc) is 3.28. The predicted molar refractivity (Wildman–Crippen MR) is 126 cm³/mol. The number of hydrogen-bond donors (Lipinski definition) is 0. The van der Waals surface area contributed by atoms with Crippen molar-refractivity contribution in [2.75, 3.05) is 39.9 Å². The molecule has 178 valence electrons. The highest BCUT2D eigenvalue weighted by Gasteiger charge is 2.29. The first kappa shape index (κ1) is 23.4. The van der Waals surface area contributed by atoms with E-state index in [2.05, 4.69) is 18.7 Å². The molecule has 2 saturated heterocycles. The smallest absolute Gasteiger partial charge is 0.254 e. The quantitative estimate of drug-likeness (QED) is 0.566. The molecule has 3 fully saturated rings. The van der Waals surface area contributed by atoms with Gasteiger partial charge in [-0.3, -0.25) is 4.79 Å². The zero-order chi connectivity index (χ0) is 22.5. The first-order valence-corrected chi connectivity index (χ1v) is 12.5. The van der Waals surface area contributed by atoms with Crippen LogP contribution in [0, 0.1) is 5.92 Å². The van der Waals surface area contributed by atoms with E-state index >= 15 is 0 Å². The van der Waals surface area contributed by atoms with E-state index in [0.717, 1.165) is 51.9 Å². The summed E-state index contributed by atoms with van der Waals surface area (Å²) in [5.74, 6) is 2.08. The van der Waals surface area contributed by atoms with Gasteiger partial charge in [0.15, 0.2) is 11.5 Å². The summed E-state index contributed by atoms with van der Waals surface area (Å²) in [7, 11) is 1.66. The van der Waals surface area contributed by atoms with Crippen LogP contribution in [0.2, 0.25) is 0 Å². The van der Waals surface area contributed by atoms with E-state index in [4.69, 9.17) is 14.2 Å². The third-order valence-electron chi connectivity index (χ3n) is 7.35. The summed E-state index contributed by atoms with van der Waals surface area (Å²) in [5.41, 5.74) is 0.678.